The zero-order chi connectivity index (χ0) is 27.4. The fourth-order valence-electron chi connectivity index (χ4n) is 3.78. The SMILES string of the molecule is CN(C)CCCNC(=O)c1cc(NC(=O)c2cc(C(=O)C(=O)c3cc([N+](=O)[O-])cn3C)cn2C)cn1C. The average molecular weight is 512 g/mol. The predicted octanol–water partition coefficient (Wildman–Crippen LogP) is 1.61. The van der Waals surface area contributed by atoms with Crippen LogP contribution < -0.4 is 10.6 Å². The molecule has 196 valence electrons. The summed E-state index contributed by atoms with van der Waals surface area (Å²) < 4.78 is 4.19. The number of aryl methyl sites for hydroxylation is 3. The number of aromatic nitrogens is 3. The molecule has 0 unspecified atom stereocenters. The molecule has 0 atom stereocenters. The molecule has 2 N–H and O–H groups in total. The summed E-state index contributed by atoms with van der Waals surface area (Å²) in [5, 5.41) is 16.5. The summed E-state index contributed by atoms with van der Waals surface area (Å²) >= 11 is 0. The molecule has 3 aromatic heterocycles. The van der Waals surface area contributed by atoms with E-state index in [0.717, 1.165) is 25.2 Å². The van der Waals surface area contributed by atoms with Crippen LogP contribution in [0.25, 0.3) is 0 Å². The van der Waals surface area contributed by atoms with E-state index in [1.807, 2.05) is 19.0 Å². The van der Waals surface area contributed by atoms with E-state index in [0.29, 0.717) is 17.9 Å². The maximum Gasteiger partial charge on any atom is 0.287 e. The first-order chi connectivity index (χ1) is 17.4. The molecule has 0 aliphatic carbocycles. The number of ketones is 2. The molecular weight excluding hydrogens is 482 g/mol. The van der Waals surface area contributed by atoms with E-state index in [2.05, 4.69) is 10.6 Å². The van der Waals surface area contributed by atoms with Gasteiger partial charge in [-0.05, 0) is 39.2 Å². The van der Waals surface area contributed by atoms with Crippen molar-refractivity contribution in [1.29, 1.82) is 0 Å². The third-order valence-corrected chi connectivity index (χ3v) is 5.70. The smallest absolute Gasteiger partial charge is 0.287 e. The first-order valence-electron chi connectivity index (χ1n) is 11.4. The van der Waals surface area contributed by atoms with E-state index < -0.39 is 22.4 Å². The summed E-state index contributed by atoms with van der Waals surface area (Å²) in [4.78, 5) is 63.1. The highest BCUT2D eigenvalue weighted by molar-refractivity contribution is 6.49. The topological polar surface area (TPSA) is 154 Å². The number of nitrogens with one attached hydrogen (secondary N) is 2. The second-order valence-electron chi connectivity index (χ2n) is 8.93. The molecule has 0 aliphatic heterocycles. The van der Waals surface area contributed by atoms with Crippen molar-refractivity contribution in [2.75, 3.05) is 32.5 Å². The molecule has 13 nitrogen and oxygen atoms in total. The molecule has 13 heteroatoms. The maximum atomic E-state index is 12.9. The summed E-state index contributed by atoms with van der Waals surface area (Å²) in [6, 6.07) is 3.84. The van der Waals surface area contributed by atoms with Crippen LogP contribution in [-0.2, 0) is 21.1 Å². The van der Waals surface area contributed by atoms with Crippen LogP contribution >= 0.6 is 0 Å². The van der Waals surface area contributed by atoms with Crippen molar-refractivity contribution in [3.63, 3.8) is 0 Å². The largest absolute Gasteiger partial charge is 0.351 e. The molecule has 37 heavy (non-hydrogen) atoms. The van der Waals surface area contributed by atoms with Crippen molar-refractivity contribution >= 4 is 34.8 Å². The van der Waals surface area contributed by atoms with Gasteiger partial charge in [0.15, 0.2) is 0 Å². The Morgan fingerprint density at radius 1 is 0.865 bits per heavy atom. The zero-order valence-electron chi connectivity index (χ0n) is 21.3. The van der Waals surface area contributed by atoms with Gasteiger partial charge >= 0.3 is 0 Å². The Kier molecular flexibility index (Phi) is 8.07. The number of nitro groups is 1. The van der Waals surface area contributed by atoms with Gasteiger partial charge in [0.05, 0.1) is 22.5 Å². The zero-order valence-corrected chi connectivity index (χ0v) is 21.3. The van der Waals surface area contributed by atoms with E-state index in [4.69, 9.17) is 0 Å². The summed E-state index contributed by atoms with van der Waals surface area (Å²) in [7, 11) is 8.56. The van der Waals surface area contributed by atoms with Gasteiger partial charge in [0.1, 0.15) is 11.4 Å². The van der Waals surface area contributed by atoms with E-state index in [-0.39, 0.29) is 28.5 Å². The van der Waals surface area contributed by atoms with Crippen LogP contribution in [0, 0.1) is 10.1 Å². The monoisotopic (exact) mass is 511 g/mol. The lowest BCUT2D eigenvalue weighted by atomic mass is 10.1. The molecule has 3 rings (SSSR count). The fraction of sp³-hybridized carbons (Fsp3) is 0.333. The van der Waals surface area contributed by atoms with Crippen LogP contribution in [0.3, 0.4) is 0 Å². The Balaban J connectivity index is 1.70. The second-order valence-corrected chi connectivity index (χ2v) is 8.93. The predicted molar refractivity (Wildman–Crippen MR) is 135 cm³/mol. The van der Waals surface area contributed by atoms with Crippen LogP contribution in [0.5, 0.6) is 0 Å². The van der Waals surface area contributed by atoms with Gasteiger partial charge in [0.2, 0.25) is 11.6 Å². The number of Topliss-reactive ketones (excluding diaryl/α,β-unsaturated/α-hetero) is 2. The van der Waals surface area contributed by atoms with E-state index in [9.17, 15) is 29.3 Å². The number of hydrogen-bond donors (Lipinski definition) is 2. The number of nitrogens with zero attached hydrogens (tertiary/aromatic N) is 5. The van der Waals surface area contributed by atoms with Crippen LogP contribution in [0.15, 0.2) is 36.8 Å². The summed E-state index contributed by atoms with van der Waals surface area (Å²) in [6.07, 6.45) is 4.87. The molecule has 2 amide bonds. The highest BCUT2D eigenvalue weighted by Gasteiger charge is 2.26. The van der Waals surface area contributed by atoms with Crippen molar-refractivity contribution < 1.29 is 24.1 Å². The normalized spacial score (nSPS) is 11.0. The third kappa shape index (κ3) is 6.19. The van der Waals surface area contributed by atoms with Gasteiger partial charge in [-0.2, -0.15) is 0 Å². The maximum absolute atomic E-state index is 12.9. The number of carbonyl (C=O) groups excluding carboxylic acids is 4. The first kappa shape index (κ1) is 27.1. The molecule has 0 radical (unpaired) electrons. The standard InChI is InChI=1S/C24H29N7O6/c1-27(2)8-6-7-25-23(34)20-10-16(13-29(20)4)26-24(35)19-9-15(12-28(19)3)21(32)22(33)18-11-17(31(36)37)14-30(18)5/h9-14H,6-8H2,1-5H3,(H,25,34)(H,26,35). The third-order valence-electron chi connectivity index (χ3n) is 5.70. The number of carbonyl (C=O) groups is 4. The van der Waals surface area contributed by atoms with Gasteiger partial charge in [-0.3, -0.25) is 29.3 Å². The molecular formula is C24H29N7O6. The van der Waals surface area contributed by atoms with Gasteiger partial charge in [-0.1, -0.05) is 0 Å². The minimum Gasteiger partial charge on any atom is -0.351 e. The molecule has 0 aliphatic rings. The number of amides is 2. The Labute approximate surface area is 212 Å². The number of hydrogen-bond acceptors (Lipinski definition) is 7. The van der Waals surface area contributed by atoms with E-state index in [1.165, 1.54) is 28.4 Å². The molecule has 0 saturated heterocycles. The fourth-order valence-corrected chi connectivity index (χ4v) is 3.78. The summed E-state index contributed by atoms with van der Waals surface area (Å²) in [5.41, 5.74) is 0.372. The van der Waals surface area contributed by atoms with Crippen molar-refractivity contribution in [2.24, 2.45) is 21.1 Å². The van der Waals surface area contributed by atoms with Gasteiger partial charge in [-0.25, -0.2) is 0 Å². The van der Waals surface area contributed by atoms with Crippen molar-refractivity contribution in [1.82, 2.24) is 23.9 Å². The highest BCUT2D eigenvalue weighted by Crippen LogP contribution is 2.19. The minimum atomic E-state index is -0.933. The quantitative estimate of drug-likeness (QED) is 0.130. The Morgan fingerprint density at radius 2 is 1.49 bits per heavy atom. The molecule has 3 aromatic rings. The van der Waals surface area contributed by atoms with Gasteiger partial charge in [0.25, 0.3) is 17.5 Å². The second kappa shape index (κ2) is 11.0. The molecule has 0 spiro atoms. The Hall–Kier alpha value is -4.52. The minimum absolute atomic E-state index is 0.0349. The first-order valence-corrected chi connectivity index (χ1v) is 11.4. The van der Waals surface area contributed by atoms with Gasteiger partial charge in [0, 0.05) is 51.7 Å². The molecule has 0 aromatic carbocycles. The number of anilines is 1. The average Bonchev–Trinajstić information content (AvgIpc) is 3.51. The van der Waals surface area contributed by atoms with Crippen molar-refractivity contribution in [3.8, 4) is 0 Å². The summed E-state index contributed by atoms with van der Waals surface area (Å²) in [5.74, 6) is -2.66. The number of rotatable bonds is 11. The molecule has 0 fully saturated rings. The molecule has 3 heterocycles. The highest BCUT2D eigenvalue weighted by atomic mass is 16.6. The molecule has 0 bridgehead atoms. The molecule has 0 saturated carbocycles. The van der Waals surface area contributed by atoms with Crippen LogP contribution in [0.2, 0.25) is 0 Å². The van der Waals surface area contributed by atoms with Crippen molar-refractivity contribution in [2.45, 2.75) is 6.42 Å². The Morgan fingerprint density at radius 3 is 2.11 bits per heavy atom. The van der Waals surface area contributed by atoms with E-state index >= 15 is 0 Å². The lowest BCUT2D eigenvalue weighted by molar-refractivity contribution is -0.384. The lowest BCUT2D eigenvalue weighted by Gasteiger charge is -2.10. The van der Waals surface area contributed by atoms with Gasteiger partial charge in [-0.15, -0.1) is 0 Å². The Bertz CT molecular complexity index is 1380. The summed E-state index contributed by atoms with van der Waals surface area (Å²) in [6.45, 7) is 1.35. The van der Waals surface area contributed by atoms with E-state index in [1.54, 1.807) is 30.9 Å². The van der Waals surface area contributed by atoms with Crippen LogP contribution in [-0.4, -0.2) is 74.1 Å². The van der Waals surface area contributed by atoms with Crippen molar-refractivity contribution in [3.05, 3.63) is 69.5 Å². The van der Waals surface area contributed by atoms with Crippen LogP contribution in [0.4, 0.5) is 11.4 Å². The van der Waals surface area contributed by atoms with Crippen LogP contribution in [0.1, 0.15) is 48.2 Å². The van der Waals surface area contributed by atoms with Gasteiger partial charge < -0.3 is 29.2 Å². The lowest BCUT2D eigenvalue weighted by Crippen LogP contribution is -2.28.